The van der Waals surface area contributed by atoms with Gasteiger partial charge in [-0.2, -0.15) is 0 Å². The van der Waals surface area contributed by atoms with Crippen molar-refractivity contribution in [3.8, 4) is 0 Å². The standard InChI is InChI=1S/C6H10BrN/c1-6(2)3-5(7)8-4-6/h3-4H2,1-2H3. The Bertz CT molecular complexity index is 126. The van der Waals surface area contributed by atoms with Crippen molar-refractivity contribution in [1.29, 1.82) is 0 Å². The van der Waals surface area contributed by atoms with E-state index in [2.05, 4.69) is 34.8 Å². The van der Waals surface area contributed by atoms with Crippen molar-refractivity contribution in [1.82, 2.24) is 0 Å². The summed E-state index contributed by atoms with van der Waals surface area (Å²) in [5, 5.41) is 0. The molecule has 1 aliphatic heterocycles. The predicted octanol–water partition coefficient (Wildman–Crippen LogP) is 2.21. The highest BCUT2D eigenvalue weighted by atomic mass is 79.9. The van der Waals surface area contributed by atoms with E-state index in [0.717, 1.165) is 17.6 Å². The summed E-state index contributed by atoms with van der Waals surface area (Å²) < 4.78 is 1.13. The molecule has 2 heteroatoms. The average molecular weight is 176 g/mol. The fourth-order valence-electron chi connectivity index (χ4n) is 0.806. The maximum Gasteiger partial charge on any atom is 0.0780 e. The largest absolute Gasteiger partial charge is 0.282 e. The summed E-state index contributed by atoms with van der Waals surface area (Å²) in [6.45, 7) is 5.43. The third-order valence-electron chi connectivity index (χ3n) is 1.30. The van der Waals surface area contributed by atoms with Crippen LogP contribution in [0.3, 0.4) is 0 Å². The second-order valence-electron chi connectivity index (χ2n) is 3.03. The molecule has 1 heterocycles. The second-order valence-corrected chi connectivity index (χ2v) is 3.95. The molecule has 0 radical (unpaired) electrons. The van der Waals surface area contributed by atoms with Crippen LogP contribution in [-0.2, 0) is 0 Å². The Labute approximate surface area is 58.3 Å². The van der Waals surface area contributed by atoms with Crippen molar-refractivity contribution < 1.29 is 0 Å². The molecule has 0 spiro atoms. The Morgan fingerprint density at radius 3 is 2.38 bits per heavy atom. The Kier molecular flexibility index (Phi) is 1.44. The summed E-state index contributed by atoms with van der Waals surface area (Å²) in [4.78, 5) is 4.22. The van der Waals surface area contributed by atoms with E-state index < -0.39 is 0 Å². The lowest BCUT2D eigenvalue weighted by molar-refractivity contribution is 0.424. The van der Waals surface area contributed by atoms with Crippen LogP contribution in [-0.4, -0.2) is 11.2 Å². The third-order valence-corrected chi connectivity index (χ3v) is 1.83. The molecule has 0 aromatic carbocycles. The van der Waals surface area contributed by atoms with E-state index in [9.17, 15) is 0 Å². The first-order valence-corrected chi connectivity index (χ1v) is 3.58. The van der Waals surface area contributed by atoms with Crippen molar-refractivity contribution in [3.05, 3.63) is 0 Å². The van der Waals surface area contributed by atoms with Gasteiger partial charge in [0.2, 0.25) is 0 Å². The zero-order valence-corrected chi connectivity index (χ0v) is 6.83. The summed E-state index contributed by atoms with van der Waals surface area (Å²) in [6, 6.07) is 0. The minimum atomic E-state index is 0.416. The molecule has 1 rings (SSSR count). The molecule has 1 nitrogen and oxygen atoms in total. The highest BCUT2D eigenvalue weighted by molar-refractivity contribution is 9.18. The van der Waals surface area contributed by atoms with Gasteiger partial charge < -0.3 is 0 Å². The number of hydrogen-bond donors (Lipinski definition) is 0. The van der Waals surface area contributed by atoms with Gasteiger partial charge in [0, 0.05) is 13.0 Å². The van der Waals surface area contributed by atoms with E-state index >= 15 is 0 Å². The number of nitrogens with zero attached hydrogens (tertiary/aromatic N) is 1. The first-order valence-electron chi connectivity index (χ1n) is 2.79. The molecular formula is C6H10BrN. The summed E-state index contributed by atoms with van der Waals surface area (Å²) in [7, 11) is 0. The van der Waals surface area contributed by atoms with Crippen LogP contribution in [0.5, 0.6) is 0 Å². The summed E-state index contributed by atoms with van der Waals surface area (Å²) >= 11 is 3.36. The van der Waals surface area contributed by atoms with Crippen molar-refractivity contribution in [2.45, 2.75) is 20.3 Å². The SMILES string of the molecule is CC1(C)CN=C(Br)C1. The van der Waals surface area contributed by atoms with Crippen molar-refractivity contribution in [2.75, 3.05) is 6.54 Å². The van der Waals surface area contributed by atoms with E-state index in [1.165, 1.54) is 0 Å². The van der Waals surface area contributed by atoms with Gasteiger partial charge >= 0.3 is 0 Å². The predicted molar refractivity (Wildman–Crippen MR) is 39.6 cm³/mol. The van der Waals surface area contributed by atoms with Crippen LogP contribution in [0, 0.1) is 5.41 Å². The Morgan fingerprint density at radius 1 is 1.62 bits per heavy atom. The molecule has 0 fully saturated rings. The van der Waals surface area contributed by atoms with Crippen LogP contribution in [0.15, 0.2) is 4.99 Å². The average Bonchev–Trinajstić information content (AvgIpc) is 1.82. The number of hydrogen-bond acceptors (Lipinski definition) is 1. The van der Waals surface area contributed by atoms with E-state index in [1.54, 1.807) is 0 Å². The minimum Gasteiger partial charge on any atom is -0.282 e. The molecular weight excluding hydrogens is 166 g/mol. The molecule has 0 aliphatic carbocycles. The number of aliphatic imine (C=N–C) groups is 1. The monoisotopic (exact) mass is 175 g/mol. The molecule has 0 N–H and O–H groups in total. The van der Waals surface area contributed by atoms with Crippen molar-refractivity contribution in [3.63, 3.8) is 0 Å². The summed E-state index contributed by atoms with van der Waals surface area (Å²) in [5.41, 5.74) is 0.416. The fourth-order valence-corrected chi connectivity index (χ4v) is 1.69. The zero-order chi connectivity index (χ0) is 6.20. The van der Waals surface area contributed by atoms with Crippen molar-refractivity contribution >= 4 is 20.6 Å². The lowest BCUT2D eigenvalue weighted by Crippen LogP contribution is -2.10. The van der Waals surface area contributed by atoms with Crippen LogP contribution in [0.2, 0.25) is 0 Å². The normalized spacial score (nSPS) is 25.6. The fraction of sp³-hybridized carbons (Fsp3) is 0.833. The molecule has 0 unspecified atom stereocenters. The topological polar surface area (TPSA) is 12.4 Å². The summed E-state index contributed by atoms with van der Waals surface area (Å²) in [6.07, 6.45) is 1.10. The van der Waals surface area contributed by atoms with Crippen LogP contribution in [0.4, 0.5) is 0 Å². The van der Waals surface area contributed by atoms with Gasteiger partial charge in [-0.3, -0.25) is 4.99 Å². The van der Waals surface area contributed by atoms with Crippen molar-refractivity contribution in [2.24, 2.45) is 10.4 Å². The summed E-state index contributed by atoms with van der Waals surface area (Å²) in [5.74, 6) is 0. The maximum atomic E-state index is 4.22. The number of halogens is 1. The molecule has 0 saturated carbocycles. The smallest absolute Gasteiger partial charge is 0.0780 e. The van der Waals surface area contributed by atoms with Gasteiger partial charge in [0.1, 0.15) is 0 Å². The van der Waals surface area contributed by atoms with E-state index in [1.807, 2.05) is 0 Å². The van der Waals surface area contributed by atoms with Gasteiger partial charge in [0.05, 0.1) is 4.62 Å². The van der Waals surface area contributed by atoms with E-state index in [4.69, 9.17) is 0 Å². The molecule has 0 aromatic heterocycles. The Balaban J connectivity index is 2.55. The van der Waals surface area contributed by atoms with Gasteiger partial charge in [-0.15, -0.1) is 0 Å². The zero-order valence-electron chi connectivity index (χ0n) is 5.24. The molecule has 1 aliphatic rings. The van der Waals surface area contributed by atoms with Gasteiger partial charge in [0.15, 0.2) is 0 Å². The maximum absolute atomic E-state index is 4.22. The van der Waals surface area contributed by atoms with Gasteiger partial charge in [-0.05, 0) is 21.3 Å². The minimum absolute atomic E-state index is 0.416. The second kappa shape index (κ2) is 1.83. The quantitative estimate of drug-likeness (QED) is 0.536. The third kappa shape index (κ3) is 1.31. The first-order chi connectivity index (χ1) is 3.60. The molecule has 0 aromatic rings. The Morgan fingerprint density at radius 2 is 2.25 bits per heavy atom. The number of rotatable bonds is 0. The first kappa shape index (κ1) is 6.27. The molecule has 0 atom stereocenters. The lowest BCUT2D eigenvalue weighted by Gasteiger charge is -2.12. The highest BCUT2D eigenvalue weighted by Crippen LogP contribution is 2.28. The van der Waals surface area contributed by atoms with Gasteiger partial charge in [0.25, 0.3) is 0 Å². The Hall–Kier alpha value is 0.150. The van der Waals surface area contributed by atoms with Crippen LogP contribution < -0.4 is 0 Å². The van der Waals surface area contributed by atoms with E-state index in [0.29, 0.717) is 5.41 Å². The molecule has 0 bridgehead atoms. The van der Waals surface area contributed by atoms with Crippen LogP contribution in [0.1, 0.15) is 20.3 Å². The van der Waals surface area contributed by atoms with Gasteiger partial charge in [-0.1, -0.05) is 13.8 Å². The van der Waals surface area contributed by atoms with E-state index in [-0.39, 0.29) is 0 Å². The van der Waals surface area contributed by atoms with Gasteiger partial charge in [-0.25, -0.2) is 0 Å². The highest BCUT2D eigenvalue weighted by Gasteiger charge is 2.24. The van der Waals surface area contributed by atoms with Crippen LogP contribution in [0.25, 0.3) is 0 Å². The lowest BCUT2D eigenvalue weighted by atomic mass is 9.93. The van der Waals surface area contributed by atoms with Crippen LogP contribution >= 0.6 is 15.9 Å². The molecule has 8 heavy (non-hydrogen) atoms. The molecule has 46 valence electrons. The molecule has 0 saturated heterocycles. The molecule has 0 amide bonds.